The number of pyridine rings is 1. The zero-order valence-electron chi connectivity index (χ0n) is 17.3. The smallest absolute Gasteiger partial charge is 0.255 e. The Morgan fingerprint density at radius 3 is 2.69 bits per heavy atom. The van der Waals surface area contributed by atoms with E-state index in [1.54, 1.807) is 47.6 Å². The molecule has 1 aromatic carbocycles. The largest absolute Gasteiger partial charge is 0.394 e. The van der Waals surface area contributed by atoms with Crippen molar-refractivity contribution in [2.45, 2.75) is 18.7 Å². The van der Waals surface area contributed by atoms with Gasteiger partial charge in [0.1, 0.15) is 23.7 Å². The number of benzene rings is 1. The summed E-state index contributed by atoms with van der Waals surface area (Å²) in [6.45, 7) is -0.0783. The number of hydrogen-bond donors (Lipinski definition) is 2. The zero-order chi connectivity index (χ0) is 22.7. The molecule has 0 bridgehead atoms. The van der Waals surface area contributed by atoms with Crippen LogP contribution >= 0.6 is 11.6 Å². The molecule has 0 aliphatic carbocycles. The third-order valence-corrected chi connectivity index (χ3v) is 5.57. The van der Waals surface area contributed by atoms with Gasteiger partial charge < -0.3 is 24.6 Å². The molecular weight excluding hydrogens is 434 g/mol. The van der Waals surface area contributed by atoms with Gasteiger partial charge in [-0.15, -0.1) is 0 Å². The SMILES string of the molecule is Cn1ccnc1CN1C(=O)COC(c2ccc(NC(=O)c3ccnc(Cl)c3)cc2)C1CO. The summed E-state index contributed by atoms with van der Waals surface area (Å²) in [7, 11) is 1.85. The van der Waals surface area contributed by atoms with Crippen LogP contribution in [0.5, 0.6) is 0 Å². The van der Waals surface area contributed by atoms with Gasteiger partial charge in [0.15, 0.2) is 0 Å². The van der Waals surface area contributed by atoms with Crippen molar-refractivity contribution in [1.82, 2.24) is 19.4 Å². The van der Waals surface area contributed by atoms with E-state index in [2.05, 4.69) is 15.3 Å². The number of aromatic nitrogens is 3. The lowest BCUT2D eigenvalue weighted by Gasteiger charge is -2.40. The molecule has 10 heteroatoms. The highest BCUT2D eigenvalue weighted by Crippen LogP contribution is 2.30. The summed E-state index contributed by atoms with van der Waals surface area (Å²) in [5.74, 6) is 0.200. The lowest BCUT2D eigenvalue weighted by Crippen LogP contribution is -2.52. The molecule has 2 unspecified atom stereocenters. The second-order valence-electron chi connectivity index (χ2n) is 7.40. The molecule has 9 nitrogen and oxygen atoms in total. The molecule has 2 N–H and O–H groups in total. The number of aliphatic hydroxyl groups excluding tert-OH is 1. The second-order valence-corrected chi connectivity index (χ2v) is 7.79. The van der Waals surface area contributed by atoms with Crippen molar-refractivity contribution >= 4 is 29.1 Å². The van der Waals surface area contributed by atoms with Crippen molar-refractivity contribution in [2.75, 3.05) is 18.5 Å². The number of amides is 2. The number of nitrogens with zero attached hydrogens (tertiary/aromatic N) is 4. The first-order valence-corrected chi connectivity index (χ1v) is 10.3. The molecule has 32 heavy (non-hydrogen) atoms. The Bertz CT molecular complexity index is 1120. The molecule has 0 saturated carbocycles. The van der Waals surface area contributed by atoms with Crippen LogP contribution in [0.1, 0.15) is 27.8 Å². The number of carbonyl (C=O) groups excluding carboxylic acids is 2. The molecule has 1 aliphatic heterocycles. The van der Waals surface area contributed by atoms with Crippen molar-refractivity contribution in [3.05, 3.63) is 77.1 Å². The van der Waals surface area contributed by atoms with Crippen LogP contribution in [0.25, 0.3) is 0 Å². The Morgan fingerprint density at radius 1 is 1.25 bits per heavy atom. The lowest BCUT2D eigenvalue weighted by atomic mass is 9.99. The molecule has 2 amide bonds. The van der Waals surface area contributed by atoms with Gasteiger partial charge in [-0.05, 0) is 29.8 Å². The van der Waals surface area contributed by atoms with Gasteiger partial charge in [-0.25, -0.2) is 9.97 Å². The first kappa shape index (κ1) is 21.9. The number of aryl methyl sites for hydroxylation is 1. The topological polar surface area (TPSA) is 110 Å². The van der Waals surface area contributed by atoms with Crippen LogP contribution in [0.2, 0.25) is 5.15 Å². The molecule has 2 atom stereocenters. The van der Waals surface area contributed by atoms with E-state index in [-0.39, 0.29) is 36.7 Å². The van der Waals surface area contributed by atoms with E-state index in [0.717, 1.165) is 5.56 Å². The van der Waals surface area contributed by atoms with Crippen molar-refractivity contribution < 1.29 is 19.4 Å². The Labute approximate surface area is 189 Å². The third kappa shape index (κ3) is 4.64. The highest BCUT2D eigenvalue weighted by atomic mass is 35.5. The van der Waals surface area contributed by atoms with Crippen LogP contribution in [0.3, 0.4) is 0 Å². The first-order valence-electron chi connectivity index (χ1n) is 9.97. The van der Waals surface area contributed by atoms with Gasteiger partial charge in [0.05, 0.1) is 19.2 Å². The number of morpholine rings is 1. The second kappa shape index (κ2) is 9.47. The molecule has 4 rings (SSSR count). The monoisotopic (exact) mass is 455 g/mol. The minimum Gasteiger partial charge on any atom is -0.394 e. The maximum absolute atomic E-state index is 12.5. The van der Waals surface area contributed by atoms with Crippen molar-refractivity contribution in [3.8, 4) is 0 Å². The van der Waals surface area contributed by atoms with Crippen LogP contribution in [0.4, 0.5) is 5.69 Å². The van der Waals surface area contributed by atoms with E-state index in [9.17, 15) is 14.7 Å². The van der Waals surface area contributed by atoms with Gasteiger partial charge in [-0.1, -0.05) is 23.7 Å². The van der Waals surface area contributed by atoms with Crippen molar-refractivity contribution in [1.29, 1.82) is 0 Å². The molecule has 1 saturated heterocycles. The van der Waals surface area contributed by atoms with Crippen LogP contribution < -0.4 is 5.32 Å². The summed E-state index contributed by atoms with van der Waals surface area (Å²) in [5.41, 5.74) is 1.77. The molecule has 1 aliphatic rings. The van der Waals surface area contributed by atoms with Gasteiger partial charge in [0.2, 0.25) is 5.91 Å². The van der Waals surface area contributed by atoms with Crippen LogP contribution in [-0.4, -0.2) is 55.6 Å². The fraction of sp³-hybridized carbons (Fsp3) is 0.273. The fourth-order valence-electron chi connectivity index (χ4n) is 3.63. The minimum atomic E-state index is -0.563. The average Bonchev–Trinajstić information content (AvgIpc) is 3.20. The molecule has 1 fully saturated rings. The molecule has 0 spiro atoms. The molecule has 0 radical (unpaired) electrons. The quantitative estimate of drug-likeness (QED) is 0.551. The standard InChI is InChI=1S/C22H22ClN5O4/c1-27-9-8-25-19(27)11-28-17(12-29)21(32-13-20(28)30)14-2-4-16(5-3-14)26-22(31)15-6-7-24-18(23)10-15/h2-10,17,21,29H,11-13H2,1H3,(H,26,31). The lowest BCUT2D eigenvalue weighted by molar-refractivity contribution is -0.162. The van der Waals surface area contributed by atoms with E-state index in [0.29, 0.717) is 17.1 Å². The normalized spacial score (nSPS) is 18.6. The molecule has 2 aromatic heterocycles. The predicted octanol–water partition coefficient (Wildman–Crippen LogP) is 2.18. The number of hydrogen-bond acceptors (Lipinski definition) is 6. The Hall–Kier alpha value is -3.27. The third-order valence-electron chi connectivity index (χ3n) is 5.36. The van der Waals surface area contributed by atoms with Crippen LogP contribution in [0.15, 0.2) is 55.0 Å². The van der Waals surface area contributed by atoms with E-state index < -0.39 is 12.1 Å². The molecule has 3 aromatic rings. The highest BCUT2D eigenvalue weighted by Gasteiger charge is 2.37. The first-order chi connectivity index (χ1) is 15.5. The van der Waals surface area contributed by atoms with Gasteiger partial charge >= 0.3 is 0 Å². The van der Waals surface area contributed by atoms with E-state index >= 15 is 0 Å². The predicted molar refractivity (Wildman–Crippen MR) is 117 cm³/mol. The van der Waals surface area contributed by atoms with Gasteiger partial charge in [0.25, 0.3) is 5.91 Å². The minimum absolute atomic E-state index is 0.0904. The van der Waals surface area contributed by atoms with Crippen molar-refractivity contribution in [3.63, 3.8) is 0 Å². The van der Waals surface area contributed by atoms with Gasteiger partial charge in [0, 0.05) is 36.9 Å². The number of rotatable bonds is 6. The Morgan fingerprint density at radius 2 is 2.03 bits per heavy atom. The van der Waals surface area contributed by atoms with E-state index in [1.807, 2.05) is 11.6 Å². The maximum atomic E-state index is 12.5. The van der Waals surface area contributed by atoms with Gasteiger partial charge in [-0.2, -0.15) is 0 Å². The molecular formula is C22H22ClN5O4. The van der Waals surface area contributed by atoms with Crippen LogP contribution in [-0.2, 0) is 23.1 Å². The highest BCUT2D eigenvalue weighted by molar-refractivity contribution is 6.29. The Kier molecular flexibility index (Phi) is 6.50. The summed E-state index contributed by atoms with van der Waals surface area (Å²) < 4.78 is 7.61. The molecule has 166 valence electrons. The van der Waals surface area contributed by atoms with Crippen LogP contribution in [0, 0.1) is 0 Å². The summed E-state index contributed by atoms with van der Waals surface area (Å²) in [5, 5.41) is 13.1. The van der Waals surface area contributed by atoms with E-state index in [4.69, 9.17) is 16.3 Å². The number of nitrogens with one attached hydrogen (secondary N) is 1. The van der Waals surface area contributed by atoms with Crippen molar-refractivity contribution in [2.24, 2.45) is 7.05 Å². The summed E-state index contributed by atoms with van der Waals surface area (Å²) >= 11 is 5.84. The number of carbonyl (C=O) groups is 2. The number of halogens is 1. The summed E-state index contributed by atoms with van der Waals surface area (Å²) in [6, 6.07) is 9.59. The Balaban J connectivity index is 1.49. The number of ether oxygens (including phenoxy) is 1. The summed E-state index contributed by atoms with van der Waals surface area (Å²) in [6.07, 6.45) is 4.42. The van der Waals surface area contributed by atoms with Gasteiger partial charge in [-0.3, -0.25) is 9.59 Å². The molecule has 3 heterocycles. The number of imidazole rings is 1. The average molecular weight is 456 g/mol. The zero-order valence-corrected chi connectivity index (χ0v) is 18.1. The number of aliphatic hydroxyl groups is 1. The maximum Gasteiger partial charge on any atom is 0.255 e. The number of anilines is 1. The van der Waals surface area contributed by atoms with E-state index in [1.165, 1.54) is 12.3 Å². The summed E-state index contributed by atoms with van der Waals surface area (Å²) in [4.78, 5) is 34.6. The fourth-order valence-corrected chi connectivity index (χ4v) is 3.80.